The minimum atomic E-state index is -1.26. The van der Waals surface area contributed by atoms with Gasteiger partial charge in [-0.25, -0.2) is 9.59 Å². The average Bonchev–Trinajstić information content (AvgIpc) is 2.56. The van der Waals surface area contributed by atoms with E-state index in [1.54, 1.807) is 0 Å². The number of benzene rings is 2. The van der Waals surface area contributed by atoms with Crippen molar-refractivity contribution in [1.29, 1.82) is 0 Å². The van der Waals surface area contributed by atoms with Crippen LogP contribution in [0.15, 0.2) is 66.7 Å². The molecule has 0 atom stereocenters. The number of rotatable bonds is 6. The molecule has 0 aromatic heterocycles. The Balaban J connectivity index is 0.000000333. The first-order valence-electron chi connectivity index (χ1n) is 7.78. The first-order valence-corrected chi connectivity index (χ1v) is 7.78. The number of nitrogens with zero attached hydrogens (tertiary/aromatic N) is 1. The predicted molar refractivity (Wildman–Crippen MR) is 97.5 cm³/mol. The van der Waals surface area contributed by atoms with Gasteiger partial charge in [-0.05, 0) is 37.2 Å². The average molecular weight is 341 g/mol. The zero-order valence-electron chi connectivity index (χ0n) is 14.4. The van der Waals surface area contributed by atoms with Crippen molar-refractivity contribution in [1.82, 2.24) is 4.90 Å². The van der Waals surface area contributed by atoms with Crippen molar-refractivity contribution >= 4 is 11.9 Å². The van der Waals surface area contributed by atoms with Gasteiger partial charge in [-0.3, -0.25) is 0 Å². The minimum absolute atomic E-state index is 0.558. The van der Waals surface area contributed by atoms with E-state index < -0.39 is 11.9 Å². The molecule has 0 fully saturated rings. The van der Waals surface area contributed by atoms with E-state index in [1.165, 1.54) is 16.7 Å². The second-order valence-corrected chi connectivity index (χ2v) is 5.68. The first kappa shape index (κ1) is 20.1. The van der Waals surface area contributed by atoms with E-state index in [1.807, 2.05) is 0 Å². The number of aliphatic carboxylic acids is 2. The second-order valence-electron chi connectivity index (χ2n) is 5.68. The summed E-state index contributed by atoms with van der Waals surface area (Å²) in [4.78, 5) is 21.3. The van der Waals surface area contributed by atoms with Gasteiger partial charge in [0.25, 0.3) is 0 Å². The van der Waals surface area contributed by atoms with Crippen LogP contribution in [0.3, 0.4) is 0 Å². The molecule has 0 heterocycles. The van der Waals surface area contributed by atoms with Crippen LogP contribution < -0.4 is 0 Å². The molecule has 25 heavy (non-hydrogen) atoms. The zero-order chi connectivity index (χ0) is 18.7. The summed E-state index contributed by atoms with van der Waals surface area (Å²) in [7, 11) is 4.22. The van der Waals surface area contributed by atoms with Crippen LogP contribution >= 0.6 is 0 Å². The second kappa shape index (κ2) is 10.8. The van der Waals surface area contributed by atoms with Crippen LogP contribution in [-0.4, -0.2) is 41.1 Å². The smallest absolute Gasteiger partial charge is 0.328 e. The molecule has 132 valence electrons. The molecule has 0 bridgehead atoms. The summed E-state index contributed by atoms with van der Waals surface area (Å²) >= 11 is 0. The summed E-state index contributed by atoms with van der Waals surface area (Å²) in [6.45, 7) is 1.00. The molecule has 2 N–H and O–H groups in total. The maximum atomic E-state index is 9.55. The van der Waals surface area contributed by atoms with Gasteiger partial charge in [0.2, 0.25) is 0 Å². The molecule has 0 saturated heterocycles. The van der Waals surface area contributed by atoms with Crippen molar-refractivity contribution in [2.75, 3.05) is 14.1 Å². The molecule has 0 amide bonds. The Kier molecular flexibility index (Phi) is 8.68. The molecule has 2 aromatic carbocycles. The molecule has 0 aliphatic rings. The fourth-order valence-electron chi connectivity index (χ4n) is 2.18. The summed E-state index contributed by atoms with van der Waals surface area (Å²) < 4.78 is 0. The standard InChI is InChI=1S/C16H19N.C4H4O4/c1-17(2)13-16-11-7-6-10-15(16)12-14-8-4-3-5-9-14;5-3(6)1-2-4(7)8/h3-11H,12-13H2,1-2H3;1-2H,(H,5,6)(H,7,8). The Morgan fingerprint density at radius 2 is 1.32 bits per heavy atom. The largest absolute Gasteiger partial charge is 0.478 e. The van der Waals surface area contributed by atoms with Crippen molar-refractivity contribution in [2.45, 2.75) is 13.0 Å². The molecule has 0 spiro atoms. The van der Waals surface area contributed by atoms with Crippen LogP contribution in [0.4, 0.5) is 0 Å². The van der Waals surface area contributed by atoms with E-state index in [0.717, 1.165) is 13.0 Å². The van der Waals surface area contributed by atoms with Crippen LogP contribution in [-0.2, 0) is 22.6 Å². The zero-order valence-corrected chi connectivity index (χ0v) is 14.4. The normalized spacial score (nSPS) is 10.4. The summed E-state index contributed by atoms with van der Waals surface area (Å²) in [5, 5.41) is 15.6. The number of carboxylic acids is 2. The van der Waals surface area contributed by atoms with Gasteiger partial charge in [0.1, 0.15) is 0 Å². The Bertz CT molecular complexity index is 693. The SMILES string of the molecule is CN(C)Cc1ccccc1Cc1ccccc1.O=C(O)C=CC(=O)O. The van der Waals surface area contributed by atoms with Crippen LogP contribution in [0, 0.1) is 0 Å². The predicted octanol–water partition coefficient (Wildman–Crippen LogP) is 3.05. The molecule has 5 heteroatoms. The fourth-order valence-corrected chi connectivity index (χ4v) is 2.18. The molecule has 0 unspecified atom stereocenters. The quantitative estimate of drug-likeness (QED) is 0.790. The van der Waals surface area contributed by atoms with Crippen molar-refractivity contribution in [3.63, 3.8) is 0 Å². The number of carbonyl (C=O) groups is 2. The van der Waals surface area contributed by atoms with Gasteiger partial charge in [-0.2, -0.15) is 0 Å². The lowest BCUT2D eigenvalue weighted by molar-refractivity contribution is -0.134. The van der Waals surface area contributed by atoms with Gasteiger partial charge >= 0.3 is 11.9 Å². The van der Waals surface area contributed by atoms with Gasteiger partial charge in [-0.1, -0.05) is 54.6 Å². The molecule has 5 nitrogen and oxygen atoms in total. The molecule has 0 radical (unpaired) electrons. The topological polar surface area (TPSA) is 77.8 Å². The third kappa shape index (κ3) is 9.07. The lowest BCUT2D eigenvalue weighted by atomic mass is 9.99. The molecular weight excluding hydrogens is 318 g/mol. The van der Waals surface area contributed by atoms with Crippen LogP contribution in [0.1, 0.15) is 16.7 Å². The highest BCUT2D eigenvalue weighted by Crippen LogP contribution is 2.15. The Morgan fingerprint density at radius 3 is 1.80 bits per heavy atom. The van der Waals surface area contributed by atoms with E-state index in [-0.39, 0.29) is 0 Å². The molecule has 2 aromatic rings. The van der Waals surface area contributed by atoms with E-state index in [4.69, 9.17) is 10.2 Å². The van der Waals surface area contributed by atoms with Crippen molar-refractivity contribution in [2.24, 2.45) is 0 Å². The highest BCUT2D eigenvalue weighted by molar-refractivity contribution is 5.89. The van der Waals surface area contributed by atoms with E-state index in [9.17, 15) is 9.59 Å². The summed E-state index contributed by atoms with van der Waals surface area (Å²) in [6, 6.07) is 19.3. The Labute approximate surface area is 147 Å². The third-order valence-electron chi connectivity index (χ3n) is 3.21. The summed E-state index contributed by atoms with van der Waals surface area (Å²) in [6.07, 6.45) is 2.13. The van der Waals surface area contributed by atoms with Crippen molar-refractivity contribution < 1.29 is 19.8 Å². The fraction of sp³-hybridized carbons (Fsp3) is 0.200. The highest BCUT2D eigenvalue weighted by Gasteiger charge is 2.03. The summed E-state index contributed by atoms with van der Waals surface area (Å²) in [5.41, 5.74) is 4.22. The first-order chi connectivity index (χ1) is 11.9. The van der Waals surface area contributed by atoms with Gasteiger partial charge in [0, 0.05) is 18.7 Å². The molecule has 2 rings (SSSR count). The number of hydrogen-bond acceptors (Lipinski definition) is 3. The van der Waals surface area contributed by atoms with Crippen LogP contribution in [0.25, 0.3) is 0 Å². The summed E-state index contributed by atoms with van der Waals surface area (Å²) in [5.74, 6) is -2.51. The third-order valence-corrected chi connectivity index (χ3v) is 3.21. The number of hydrogen-bond donors (Lipinski definition) is 2. The minimum Gasteiger partial charge on any atom is -0.478 e. The van der Waals surface area contributed by atoms with Crippen molar-refractivity contribution in [3.8, 4) is 0 Å². The monoisotopic (exact) mass is 341 g/mol. The molecule has 0 aliphatic carbocycles. The molecular formula is C20H23NO4. The maximum Gasteiger partial charge on any atom is 0.328 e. The highest BCUT2D eigenvalue weighted by atomic mass is 16.4. The van der Waals surface area contributed by atoms with Crippen molar-refractivity contribution in [3.05, 3.63) is 83.4 Å². The lowest BCUT2D eigenvalue weighted by Crippen LogP contribution is -2.12. The number of carboxylic acid groups (broad SMARTS) is 2. The van der Waals surface area contributed by atoms with Gasteiger partial charge in [-0.15, -0.1) is 0 Å². The lowest BCUT2D eigenvalue weighted by Gasteiger charge is -2.14. The van der Waals surface area contributed by atoms with E-state index >= 15 is 0 Å². The van der Waals surface area contributed by atoms with Crippen LogP contribution in [0.5, 0.6) is 0 Å². The maximum absolute atomic E-state index is 9.55. The molecule has 0 aliphatic heterocycles. The van der Waals surface area contributed by atoms with Crippen LogP contribution in [0.2, 0.25) is 0 Å². The van der Waals surface area contributed by atoms with E-state index in [2.05, 4.69) is 73.6 Å². The molecule has 0 saturated carbocycles. The van der Waals surface area contributed by atoms with Gasteiger partial charge < -0.3 is 15.1 Å². The van der Waals surface area contributed by atoms with Gasteiger partial charge in [0.15, 0.2) is 0 Å². The Morgan fingerprint density at radius 1 is 0.840 bits per heavy atom. The van der Waals surface area contributed by atoms with Gasteiger partial charge in [0.05, 0.1) is 0 Å². The van der Waals surface area contributed by atoms with E-state index in [0.29, 0.717) is 12.2 Å². The Hall–Kier alpha value is -2.92.